The van der Waals surface area contributed by atoms with Crippen LogP contribution in [-0.4, -0.2) is 18.0 Å². The van der Waals surface area contributed by atoms with Crippen LogP contribution in [0.15, 0.2) is 12.1 Å². The van der Waals surface area contributed by atoms with Crippen LogP contribution >= 0.6 is 0 Å². The molecule has 0 atom stereocenters. The predicted octanol–water partition coefficient (Wildman–Crippen LogP) is 3.58. The zero-order valence-corrected chi connectivity index (χ0v) is 11.8. The van der Waals surface area contributed by atoms with Gasteiger partial charge in [0.2, 0.25) is 0 Å². The standard InChI is InChI=1S/C17H25N/c1-13(2)11-18-8-7-16-9-14-5-3-4-6-15(14)10-17(16)12-18/h9-10,13H,3-8,11-12H2,1-2H3. The second kappa shape index (κ2) is 5.05. The summed E-state index contributed by atoms with van der Waals surface area (Å²) in [6, 6.07) is 5.05. The molecule has 3 rings (SSSR count). The molecule has 1 aromatic rings. The summed E-state index contributed by atoms with van der Waals surface area (Å²) in [6.45, 7) is 8.33. The van der Waals surface area contributed by atoms with Gasteiger partial charge in [-0.2, -0.15) is 0 Å². The smallest absolute Gasteiger partial charge is 0.0236 e. The minimum absolute atomic E-state index is 0.782. The third kappa shape index (κ3) is 2.47. The number of fused-ring (bicyclic) bond motifs is 2. The summed E-state index contributed by atoms with van der Waals surface area (Å²) in [6.07, 6.45) is 6.67. The lowest BCUT2D eigenvalue weighted by molar-refractivity contribution is 0.226. The van der Waals surface area contributed by atoms with Crippen molar-refractivity contribution in [3.8, 4) is 0 Å². The monoisotopic (exact) mass is 243 g/mol. The van der Waals surface area contributed by atoms with Gasteiger partial charge in [-0.25, -0.2) is 0 Å². The van der Waals surface area contributed by atoms with Crippen LogP contribution < -0.4 is 0 Å². The molecule has 0 unspecified atom stereocenters. The zero-order chi connectivity index (χ0) is 12.5. The zero-order valence-electron chi connectivity index (χ0n) is 11.8. The first kappa shape index (κ1) is 12.2. The molecule has 1 aromatic carbocycles. The van der Waals surface area contributed by atoms with Crippen molar-refractivity contribution >= 4 is 0 Å². The molecule has 0 radical (unpaired) electrons. The van der Waals surface area contributed by atoms with E-state index in [1.54, 1.807) is 22.3 Å². The Bertz CT molecular complexity index is 433. The van der Waals surface area contributed by atoms with E-state index in [0.717, 1.165) is 5.92 Å². The van der Waals surface area contributed by atoms with Crippen LogP contribution in [0.4, 0.5) is 0 Å². The van der Waals surface area contributed by atoms with Crippen LogP contribution in [-0.2, 0) is 25.8 Å². The number of hydrogen-bond donors (Lipinski definition) is 0. The third-order valence-corrected chi connectivity index (χ3v) is 4.38. The number of benzene rings is 1. The molecule has 0 fully saturated rings. The van der Waals surface area contributed by atoms with Gasteiger partial charge in [-0.15, -0.1) is 0 Å². The van der Waals surface area contributed by atoms with Gasteiger partial charge in [-0.3, -0.25) is 4.90 Å². The highest BCUT2D eigenvalue weighted by atomic mass is 15.1. The number of rotatable bonds is 2. The van der Waals surface area contributed by atoms with E-state index in [2.05, 4.69) is 30.9 Å². The fourth-order valence-corrected chi connectivity index (χ4v) is 3.54. The van der Waals surface area contributed by atoms with Gasteiger partial charge >= 0.3 is 0 Å². The Balaban J connectivity index is 1.82. The highest BCUT2D eigenvalue weighted by molar-refractivity contribution is 5.41. The Labute approximate surface area is 111 Å². The Morgan fingerprint density at radius 3 is 2.22 bits per heavy atom. The molecule has 1 aliphatic carbocycles. The van der Waals surface area contributed by atoms with Crippen molar-refractivity contribution in [1.82, 2.24) is 4.90 Å². The van der Waals surface area contributed by atoms with Crippen molar-refractivity contribution in [2.24, 2.45) is 5.92 Å². The van der Waals surface area contributed by atoms with Crippen LogP contribution in [0.3, 0.4) is 0 Å². The Kier molecular flexibility index (Phi) is 3.43. The highest BCUT2D eigenvalue weighted by Gasteiger charge is 2.19. The van der Waals surface area contributed by atoms with Crippen molar-refractivity contribution in [3.63, 3.8) is 0 Å². The molecule has 0 bridgehead atoms. The molecule has 0 saturated carbocycles. The molecule has 1 aliphatic heterocycles. The van der Waals surface area contributed by atoms with E-state index in [9.17, 15) is 0 Å². The van der Waals surface area contributed by atoms with Gasteiger partial charge in [0.05, 0.1) is 0 Å². The van der Waals surface area contributed by atoms with Gasteiger partial charge in [0.25, 0.3) is 0 Å². The molecule has 18 heavy (non-hydrogen) atoms. The van der Waals surface area contributed by atoms with Crippen LogP contribution in [0, 0.1) is 5.92 Å². The van der Waals surface area contributed by atoms with Gasteiger partial charge in [-0.05, 0) is 60.3 Å². The second-order valence-corrected chi connectivity index (χ2v) is 6.48. The minimum atomic E-state index is 0.782. The molecule has 0 saturated heterocycles. The first-order valence-corrected chi connectivity index (χ1v) is 7.58. The summed E-state index contributed by atoms with van der Waals surface area (Å²) in [5.74, 6) is 0.782. The molecule has 1 heterocycles. The van der Waals surface area contributed by atoms with Crippen molar-refractivity contribution < 1.29 is 0 Å². The van der Waals surface area contributed by atoms with E-state index < -0.39 is 0 Å². The number of hydrogen-bond acceptors (Lipinski definition) is 1. The van der Waals surface area contributed by atoms with Crippen molar-refractivity contribution in [2.75, 3.05) is 13.1 Å². The predicted molar refractivity (Wildman–Crippen MR) is 76.9 cm³/mol. The van der Waals surface area contributed by atoms with E-state index in [1.807, 2.05) is 0 Å². The van der Waals surface area contributed by atoms with Crippen LogP contribution in [0.1, 0.15) is 48.9 Å². The Morgan fingerprint density at radius 2 is 1.56 bits per heavy atom. The van der Waals surface area contributed by atoms with Crippen molar-refractivity contribution in [1.29, 1.82) is 0 Å². The highest BCUT2D eigenvalue weighted by Crippen LogP contribution is 2.28. The normalized spacial score (nSPS) is 19.7. The second-order valence-electron chi connectivity index (χ2n) is 6.48. The Morgan fingerprint density at radius 1 is 0.944 bits per heavy atom. The third-order valence-electron chi connectivity index (χ3n) is 4.38. The van der Waals surface area contributed by atoms with Gasteiger partial charge in [0.15, 0.2) is 0 Å². The molecule has 98 valence electrons. The molecule has 2 aliphatic rings. The minimum Gasteiger partial charge on any atom is -0.298 e. The summed E-state index contributed by atoms with van der Waals surface area (Å²) in [5, 5.41) is 0. The molecule has 0 aromatic heterocycles. The lowest BCUT2D eigenvalue weighted by atomic mass is 9.86. The lowest BCUT2D eigenvalue weighted by Crippen LogP contribution is -2.33. The lowest BCUT2D eigenvalue weighted by Gasteiger charge is -2.31. The maximum atomic E-state index is 2.63. The van der Waals surface area contributed by atoms with E-state index in [4.69, 9.17) is 0 Å². The van der Waals surface area contributed by atoms with E-state index in [-0.39, 0.29) is 0 Å². The van der Waals surface area contributed by atoms with Gasteiger partial charge < -0.3 is 0 Å². The number of nitrogens with zero attached hydrogens (tertiary/aromatic N) is 1. The largest absolute Gasteiger partial charge is 0.298 e. The molecule has 0 spiro atoms. The average Bonchev–Trinajstić information content (AvgIpc) is 2.35. The summed E-state index contributed by atoms with van der Waals surface area (Å²) in [7, 11) is 0. The van der Waals surface area contributed by atoms with Gasteiger partial charge in [0, 0.05) is 19.6 Å². The SMILES string of the molecule is CC(C)CN1CCc2cc3c(cc2C1)CCCC3. The fraction of sp³-hybridized carbons (Fsp3) is 0.647. The molecular weight excluding hydrogens is 218 g/mol. The van der Waals surface area contributed by atoms with E-state index in [0.29, 0.717) is 0 Å². The quantitative estimate of drug-likeness (QED) is 0.767. The molecular formula is C17H25N. The first-order valence-electron chi connectivity index (χ1n) is 7.58. The topological polar surface area (TPSA) is 3.24 Å². The molecule has 0 amide bonds. The van der Waals surface area contributed by atoms with Gasteiger partial charge in [-0.1, -0.05) is 26.0 Å². The summed E-state index contributed by atoms with van der Waals surface area (Å²) < 4.78 is 0. The number of aryl methyl sites for hydroxylation is 2. The van der Waals surface area contributed by atoms with E-state index >= 15 is 0 Å². The summed E-state index contributed by atoms with van der Waals surface area (Å²) >= 11 is 0. The maximum Gasteiger partial charge on any atom is 0.0236 e. The van der Waals surface area contributed by atoms with Crippen molar-refractivity contribution in [3.05, 3.63) is 34.4 Å². The molecule has 1 heteroatoms. The van der Waals surface area contributed by atoms with Gasteiger partial charge in [0.1, 0.15) is 0 Å². The van der Waals surface area contributed by atoms with Crippen LogP contribution in [0.25, 0.3) is 0 Å². The maximum absolute atomic E-state index is 2.63. The fourth-order valence-electron chi connectivity index (χ4n) is 3.54. The van der Waals surface area contributed by atoms with Crippen molar-refractivity contribution in [2.45, 2.75) is 52.5 Å². The van der Waals surface area contributed by atoms with Crippen LogP contribution in [0.5, 0.6) is 0 Å². The summed E-state index contributed by atoms with van der Waals surface area (Å²) in [5.41, 5.74) is 6.54. The Hall–Kier alpha value is -0.820. The summed E-state index contributed by atoms with van der Waals surface area (Å²) in [4.78, 5) is 2.63. The molecule has 0 N–H and O–H groups in total. The van der Waals surface area contributed by atoms with E-state index in [1.165, 1.54) is 51.7 Å². The average molecular weight is 243 g/mol. The first-order chi connectivity index (χ1) is 8.72. The van der Waals surface area contributed by atoms with Crippen LogP contribution in [0.2, 0.25) is 0 Å². The molecule has 1 nitrogen and oxygen atoms in total.